The van der Waals surface area contributed by atoms with Crippen molar-refractivity contribution >= 4 is 25.9 Å². The third-order valence-electron chi connectivity index (χ3n) is 1.88. The summed E-state index contributed by atoms with van der Waals surface area (Å²) in [5.41, 5.74) is 5.06. The third-order valence-corrected chi connectivity index (χ3v) is 2.83. The number of hydrogen-bond donors (Lipinski definition) is 4. The molecule has 0 bridgehead atoms. The Morgan fingerprint density at radius 2 is 1.68 bits per heavy atom. The van der Waals surface area contributed by atoms with Gasteiger partial charge in [0.05, 0.1) is 13.2 Å². The first-order chi connectivity index (χ1) is 10.0. The van der Waals surface area contributed by atoms with Gasteiger partial charge in [0.2, 0.25) is 0 Å². The molecule has 0 aromatic rings. The van der Waals surface area contributed by atoms with E-state index in [-0.39, 0.29) is 0 Å². The van der Waals surface area contributed by atoms with Gasteiger partial charge < -0.3 is 30.3 Å². The molecular formula is C9H16NO11P. The van der Waals surface area contributed by atoms with Gasteiger partial charge in [-0.25, -0.2) is 9.36 Å². The summed E-state index contributed by atoms with van der Waals surface area (Å²) in [4.78, 5) is 40.7. The van der Waals surface area contributed by atoms with Gasteiger partial charge in [0.1, 0.15) is 12.6 Å². The van der Waals surface area contributed by atoms with E-state index in [2.05, 4.69) is 18.5 Å². The summed E-state index contributed by atoms with van der Waals surface area (Å²) in [6.45, 7) is -1.13. The number of carboxylic acids is 1. The summed E-state index contributed by atoms with van der Waals surface area (Å²) in [6, 6.07) is -1.54. The van der Waals surface area contributed by atoms with Gasteiger partial charge in [-0.15, -0.1) is 0 Å². The van der Waals surface area contributed by atoms with E-state index in [0.717, 1.165) is 6.92 Å². The second kappa shape index (κ2) is 9.33. The minimum atomic E-state index is -4.67. The summed E-state index contributed by atoms with van der Waals surface area (Å²) >= 11 is 0. The van der Waals surface area contributed by atoms with E-state index in [1.165, 1.54) is 0 Å². The van der Waals surface area contributed by atoms with Crippen LogP contribution in [0.5, 0.6) is 0 Å². The second-order valence-corrected chi connectivity index (χ2v) is 5.27. The van der Waals surface area contributed by atoms with Crippen LogP contribution in [0.1, 0.15) is 6.92 Å². The number of carbonyl (C=O) groups excluding carboxylic acids is 1. The number of hydrogen-bond acceptors (Lipinski definition) is 9. The van der Waals surface area contributed by atoms with E-state index < -0.39 is 57.9 Å². The normalized spacial score (nSPS) is 16.1. The number of ether oxygens (including phenoxy) is 2. The number of carboxylic acid groups (broad SMARTS) is 2. The van der Waals surface area contributed by atoms with Crippen molar-refractivity contribution in [2.75, 3.05) is 19.8 Å². The van der Waals surface area contributed by atoms with Crippen LogP contribution in [-0.2, 0) is 32.7 Å². The zero-order valence-corrected chi connectivity index (χ0v) is 12.3. The number of nitrogens with two attached hydrogens (primary N) is 1. The van der Waals surface area contributed by atoms with Crippen LogP contribution in [0.2, 0.25) is 0 Å². The molecule has 0 radical (unpaired) electrons. The zero-order chi connectivity index (χ0) is 17.3. The SMILES string of the molecule is CC(=O)OC(COC(=O)O)COP(=O)(O)OCC(N)C(=O)O. The van der Waals surface area contributed by atoms with Crippen LogP contribution >= 0.6 is 7.82 Å². The molecule has 0 aliphatic carbocycles. The number of aliphatic carboxylic acids is 1. The molecule has 13 heteroatoms. The fraction of sp³-hybridized carbons (Fsp3) is 0.667. The van der Waals surface area contributed by atoms with Crippen LogP contribution in [0.3, 0.4) is 0 Å². The average molecular weight is 345 g/mol. The van der Waals surface area contributed by atoms with Crippen LogP contribution in [0, 0.1) is 0 Å². The van der Waals surface area contributed by atoms with Gasteiger partial charge in [0, 0.05) is 6.92 Å². The Labute approximate surface area is 124 Å². The Morgan fingerprint density at radius 1 is 1.14 bits per heavy atom. The van der Waals surface area contributed by atoms with Gasteiger partial charge in [-0.2, -0.15) is 0 Å². The minimum Gasteiger partial charge on any atom is -0.480 e. The van der Waals surface area contributed by atoms with Crippen LogP contribution in [0.15, 0.2) is 0 Å². The van der Waals surface area contributed by atoms with E-state index in [1.54, 1.807) is 0 Å². The predicted molar refractivity (Wildman–Crippen MR) is 66.9 cm³/mol. The summed E-state index contributed by atoms with van der Waals surface area (Å²) in [5, 5.41) is 16.8. The van der Waals surface area contributed by atoms with E-state index in [0.29, 0.717) is 0 Å². The standard InChI is InChI=1S/C9H16NO11P/c1-5(11)21-6(2-18-9(14)15)3-19-22(16,17)20-4-7(10)8(12)13/h6-7H,2-4,10H2,1H3,(H,12,13)(H,14,15)(H,16,17). The molecule has 0 amide bonds. The fourth-order valence-electron chi connectivity index (χ4n) is 0.975. The molecule has 0 saturated carbocycles. The molecule has 12 nitrogen and oxygen atoms in total. The van der Waals surface area contributed by atoms with Crippen molar-refractivity contribution < 1.29 is 52.6 Å². The molecule has 0 rings (SSSR count). The lowest BCUT2D eigenvalue weighted by atomic mass is 10.3. The highest BCUT2D eigenvalue weighted by Gasteiger charge is 2.27. The molecule has 0 spiro atoms. The van der Waals surface area contributed by atoms with Crippen LogP contribution in [0.4, 0.5) is 4.79 Å². The van der Waals surface area contributed by atoms with Gasteiger partial charge in [-0.1, -0.05) is 0 Å². The molecule has 0 heterocycles. The van der Waals surface area contributed by atoms with Crippen molar-refractivity contribution in [3.8, 4) is 0 Å². The van der Waals surface area contributed by atoms with E-state index in [4.69, 9.17) is 15.9 Å². The Bertz CT molecular complexity index is 453. The lowest BCUT2D eigenvalue weighted by Gasteiger charge is -2.18. The topological polar surface area (TPSA) is 192 Å². The Kier molecular flexibility index (Phi) is 8.60. The third kappa shape index (κ3) is 10.1. The van der Waals surface area contributed by atoms with E-state index in [1.807, 2.05) is 0 Å². The van der Waals surface area contributed by atoms with Crippen molar-refractivity contribution in [3.63, 3.8) is 0 Å². The molecule has 0 aliphatic heterocycles. The highest BCUT2D eigenvalue weighted by atomic mass is 31.2. The van der Waals surface area contributed by atoms with Crippen LogP contribution in [0.25, 0.3) is 0 Å². The number of phosphoric acid groups is 1. The molecule has 22 heavy (non-hydrogen) atoms. The summed E-state index contributed by atoms with van der Waals surface area (Å²) in [5.74, 6) is -2.25. The van der Waals surface area contributed by atoms with Gasteiger partial charge in [-0.05, 0) is 0 Å². The van der Waals surface area contributed by atoms with Gasteiger partial charge in [0.15, 0.2) is 6.10 Å². The van der Waals surface area contributed by atoms with Crippen molar-refractivity contribution in [1.82, 2.24) is 0 Å². The molecule has 0 saturated heterocycles. The van der Waals surface area contributed by atoms with Gasteiger partial charge in [0.25, 0.3) is 0 Å². The molecule has 0 aromatic carbocycles. The highest BCUT2D eigenvalue weighted by Crippen LogP contribution is 2.43. The minimum absolute atomic E-state index is 0.635. The highest BCUT2D eigenvalue weighted by molar-refractivity contribution is 7.47. The summed E-state index contributed by atoms with van der Waals surface area (Å²) in [6.07, 6.45) is -2.93. The molecule has 3 atom stereocenters. The first kappa shape index (κ1) is 20.3. The predicted octanol–water partition coefficient (Wildman–Crippen LogP) is -0.842. The first-order valence-electron chi connectivity index (χ1n) is 5.66. The second-order valence-electron chi connectivity index (χ2n) is 3.81. The Morgan fingerprint density at radius 3 is 2.14 bits per heavy atom. The van der Waals surface area contributed by atoms with Crippen LogP contribution < -0.4 is 5.73 Å². The molecule has 0 aliphatic rings. The average Bonchev–Trinajstić information content (AvgIpc) is 2.38. The number of rotatable bonds is 10. The number of esters is 1. The monoisotopic (exact) mass is 345 g/mol. The summed E-state index contributed by atoms with van der Waals surface area (Å²) in [7, 11) is -4.67. The fourth-order valence-corrected chi connectivity index (χ4v) is 1.75. The van der Waals surface area contributed by atoms with Crippen molar-refractivity contribution in [3.05, 3.63) is 0 Å². The van der Waals surface area contributed by atoms with E-state index in [9.17, 15) is 23.8 Å². The maximum atomic E-state index is 11.4. The quantitative estimate of drug-likeness (QED) is 0.284. The van der Waals surface area contributed by atoms with Crippen molar-refractivity contribution in [2.24, 2.45) is 5.73 Å². The van der Waals surface area contributed by atoms with E-state index >= 15 is 0 Å². The molecule has 3 unspecified atom stereocenters. The Balaban J connectivity index is 4.41. The number of phosphoric ester groups is 1. The van der Waals surface area contributed by atoms with Crippen molar-refractivity contribution in [1.29, 1.82) is 0 Å². The lowest BCUT2D eigenvalue weighted by Crippen LogP contribution is -2.34. The molecule has 5 N–H and O–H groups in total. The summed E-state index contributed by atoms with van der Waals surface area (Å²) < 4.78 is 28.9. The number of carbonyl (C=O) groups is 3. The zero-order valence-electron chi connectivity index (χ0n) is 11.4. The van der Waals surface area contributed by atoms with Crippen molar-refractivity contribution in [2.45, 2.75) is 19.1 Å². The van der Waals surface area contributed by atoms with Gasteiger partial charge in [-0.3, -0.25) is 18.6 Å². The molecule has 0 aromatic heterocycles. The molecule has 0 fully saturated rings. The molecule has 128 valence electrons. The maximum Gasteiger partial charge on any atom is 0.505 e. The van der Waals surface area contributed by atoms with Crippen LogP contribution in [-0.4, -0.2) is 65.2 Å². The first-order valence-corrected chi connectivity index (χ1v) is 7.16. The molecular weight excluding hydrogens is 329 g/mol. The smallest absolute Gasteiger partial charge is 0.480 e. The Hall–Kier alpha value is -1.72. The maximum absolute atomic E-state index is 11.4. The largest absolute Gasteiger partial charge is 0.505 e. The lowest BCUT2D eigenvalue weighted by molar-refractivity contribution is -0.151. The van der Waals surface area contributed by atoms with Gasteiger partial charge >= 0.3 is 25.9 Å².